The molecule has 0 atom stereocenters. The van der Waals surface area contributed by atoms with Gasteiger partial charge in [0.2, 0.25) is 0 Å². The number of aromatic nitrogens is 2. The van der Waals surface area contributed by atoms with E-state index in [1.807, 2.05) is 0 Å². The maximum absolute atomic E-state index is 11.2. The van der Waals surface area contributed by atoms with E-state index in [0.29, 0.717) is 33.5 Å². The number of hydrogen-bond acceptors (Lipinski definition) is 5. The number of halogens is 2. The van der Waals surface area contributed by atoms with E-state index < -0.39 is 0 Å². The SMILES string of the molecule is COc1ccc(-c2ncnc(Cl)c2C=O)c(OC)c1Br. The zero-order valence-corrected chi connectivity index (χ0v) is 13.0. The summed E-state index contributed by atoms with van der Waals surface area (Å²) in [5.41, 5.74) is 1.23. The topological polar surface area (TPSA) is 61.3 Å². The number of carbonyl (C=O) groups is 1. The Morgan fingerprint density at radius 2 is 2.00 bits per heavy atom. The van der Waals surface area contributed by atoms with Crippen molar-refractivity contribution in [2.45, 2.75) is 0 Å². The second-order valence-corrected chi connectivity index (χ2v) is 4.86. The van der Waals surface area contributed by atoms with Crippen molar-refractivity contribution in [3.05, 3.63) is 33.6 Å². The van der Waals surface area contributed by atoms with Crippen LogP contribution in [0.25, 0.3) is 11.3 Å². The van der Waals surface area contributed by atoms with Crippen molar-refractivity contribution in [3.8, 4) is 22.8 Å². The molecule has 104 valence electrons. The molecule has 0 bridgehead atoms. The van der Waals surface area contributed by atoms with Crippen molar-refractivity contribution in [1.29, 1.82) is 0 Å². The van der Waals surface area contributed by atoms with Crippen molar-refractivity contribution in [2.75, 3.05) is 14.2 Å². The number of aldehydes is 1. The fraction of sp³-hybridized carbons (Fsp3) is 0.154. The highest BCUT2D eigenvalue weighted by Gasteiger charge is 2.19. The molecule has 0 N–H and O–H groups in total. The minimum atomic E-state index is 0.0963. The summed E-state index contributed by atoms with van der Waals surface area (Å²) in [4.78, 5) is 19.1. The highest BCUT2D eigenvalue weighted by molar-refractivity contribution is 9.10. The molecule has 0 radical (unpaired) electrons. The van der Waals surface area contributed by atoms with Crippen LogP contribution in [0.15, 0.2) is 22.9 Å². The first-order chi connectivity index (χ1) is 9.63. The average Bonchev–Trinajstić information content (AvgIpc) is 2.46. The van der Waals surface area contributed by atoms with Gasteiger partial charge in [0.25, 0.3) is 0 Å². The first kappa shape index (κ1) is 14.7. The summed E-state index contributed by atoms with van der Waals surface area (Å²) >= 11 is 9.31. The fourth-order valence-electron chi connectivity index (χ4n) is 1.77. The molecular weight excluding hydrogens is 348 g/mol. The molecule has 0 saturated heterocycles. The largest absolute Gasteiger partial charge is 0.495 e. The van der Waals surface area contributed by atoms with E-state index in [-0.39, 0.29) is 10.7 Å². The van der Waals surface area contributed by atoms with E-state index in [1.54, 1.807) is 19.2 Å². The van der Waals surface area contributed by atoms with Crippen molar-refractivity contribution in [3.63, 3.8) is 0 Å². The summed E-state index contributed by atoms with van der Waals surface area (Å²) in [5, 5.41) is 0.0963. The molecular formula is C13H10BrClN2O3. The van der Waals surface area contributed by atoms with E-state index in [9.17, 15) is 4.79 Å². The monoisotopic (exact) mass is 356 g/mol. The molecule has 2 rings (SSSR count). The van der Waals surface area contributed by atoms with Gasteiger partial charge in [0.05, 0.1) is 25.5 Å². The first-order valence-corrected chi connectivity index (χ1v) is 6.67. The molecule has 0 aliphatic carbocycles. The second kappa shape index (κ2) is 6.19. The van der Waals surface area contributed by atoms with Crippen molar-refractivity contribution >= 4 is 33.8 Å². The van der Waals surface area contributed by atoms with Gasteiger partial charge in [-0.3, -0.25) is 4.79 Å². The van der Waals surface area contributed by atoms with Crippen LogP contribution in [0.3, 0.4) is 0 Å². The summed E-state index contributed by atoms with van der Waals surface area (Å²) < 4.78 is 11.2. The molecule has 2 aromatic rings. The van der Waals surface area contributed by atoms with Crippen LogP contribution in [0.5, 0.6) is 11.5 Å². The summed E-state index contributed by atoms with van der Waals surface area (Å²) in [6.45, 7) is 0. The van der Waals surface area contributed by atoms with E-state index in [0.717, 1.165) is 0 Å². The quantitative estimate of drug-likeness (QED) is 0.620. The van der Waals surface area contributed by atoms with Gasteiger partial charge >= 0.3 is 0 Å². The Bertz CT molecular complexity index is 664. The maximum Gasteiger partial charge on any atom is 0.155 e. The standard InChI is InChI=1S/C13H10BrClN2O3/c1-19-9-4-3-7(12(20-2)10(9)14)11-8(5-18)13(15)17-6-16-11/h3-6H,1-2H3. The molecule has 0 unspecified atom stereocenters. The summed E-state index contributed by atoms with van der Waals surface area (Å²) in [6, 6.07) is 3.49. The fourth-order valence-corrected chi connectivity index (χ4v) is 2.62. The molecule has 0 spiro atoms. The van der Waals surface area contributed by atoms with Crippen molar-refractivity contribution in [2.24, 2.45) is 0 Å². The van der Waals surface area contributed by atoms with Gasteiger partial charge in [0.1, 0.15) is 27.5 Å². The van der Waals surface area contributed by atoms with Crippen LogP contribution in [0.4, 0.5) is 0 Å². The molecule has 5 nitrogen and oxygen atoms in total. The van der Waals surface area contributed by atoms with Gasteiger partial charge in [-0.2, -0.15) is 0 Å². The van der Waals surface area contributed by atoms with E-state index >= 15 is 0 Å². The Kier molecular flexibility index (Phi) is 4.57. The minimum Gasteiger partial charge on any atom is -0.495 e. The predicted octanol–water partition coefficient (Wildman–Crippen LogP) is 3.39. The van der Waals surface area contributed by atoms with Gasteiger partial charge in [0.15, 0.2) is 6.29 Å². The van der Waals surface area contributed by atoms with Crippen LogP contribution in [0, 0.1) is 0 Å². The smallest absolute Gasteiger partial charge is 0.155 e. The normalized spacial score (nSPS) is 10.2. The Morgan fingerprint density at radius 1 is 1.25 bits per heavy atom. The van der Waals surface area contributed by atoms with E-state index in [4.69, 9.17) is 21.1 Å². The van der Waals surface area contributed by atoms with E-state index in [2.05, 4.69) is 25.9 Å². The second-order valence-electron chi connectivity index (χ2n) is 3.71. The van der Waals surface area contributed by atoms with E-state index in [1.165, 1.54) is 13.4 Å². The van der Waals surface area contributed by atoms with Crippen molar-refractivity contribution < 1.29 is 14.3 Å². The average molecular weight is 358 g/mol. The molecule has 1 heterocycles. The highest BCUT2D eigenvalue weighted by Crippen LogP contribution is 2.42. The first-order valence-electron chi connectivity index (χ1n) is 5.50. The van der Waals surface area contributed by atoms with Crippen LogP contribution in [-0.2, 0) is 0 Å². The molecule has 0 saturated carbocycles. The number of methoxy groups -OCH3 is 2. The Labute approximate surface area is 129 Å². The highest BCUT2D eigenvalue weighted by atomic mass is 79.9. The van der Waals surface area contributed by atoms with Gasteiger partial charge in [0, 0.05) is 5.56 Å². The maximum atomic E-state index is 11.2. The van der Waals surface area contributed by atoms with Gasteiger partial charge in [-0.15, -0.1) is 0 Å². The summed E-state index contributed by atoms with van der Waals surface area (Å²) in [5.74, 6) is 1.11. The van der Waals surface area contributed by atoms with Crippen LogP contribution in [-0.4, -0.2) is 30.5 Å². The Hall–Kier alpha value is -1.66. The Balaban J connectivity index is 2.73. The number of benzene rings is 1. The van der Waals surface area contributed by atoms with Gasteiger partial charge in [-0.05, 0) is 28.1 Å². The number of nitrogens with zero attached hydrogens (tertiary/aromatic N) is 2. The lowest BCUT2D eigenvalue weighted by Crippen LogP contribution is -1.99. The lowest BCUT2D eigenvalue weighted by atomic mass is 10.1. The summed E-state index contributed by atoms with van der Waals surface area (Å²) in [7, 11) is 3.07. The third kappa shape index (κ3) is 2.48. The minimum absolute atomic E-state index is 0.0963. The Morgan fingerprint density at radius 3 is 2.60 bits per heavy atom. The van der Waals surface area contributed by atoms with Crippen LogP contribution < -0.4 is 9.47 Å². The molecule has 0 amide bonds. The number of carbonyl (C=O) groups excluding carboxylic acids is 1. The number of rotatable bonds is 4. The molecule has 7 heteroatoms. The predicted molar refractivity (Wildman–Crippen MR) is 78.7 cm³/mol. The summed E-state index contributed by atoms with van der Waals surface area (Å²) in [6.07, 6.45) is 1.91. The van der Waals surface area contributed by atoms with Crippen LogP contribution >= 0.6 is 27.5 Å². The van der Waals surface area contributed by atoms with Crippen LogP contribution in [0.1, 0.15) is 10.4 Å². The van der Waals surface area contributed by atoms with Crippen molar-refractivity contribution in [1.82, 2.24) is 9.97 Å². The zero-order valence-electron chi connectivity index (χ0n) is 10.7. The van der Waals surface area contributed by atoms with Gasteiger partial charge in [-0.25, -0.2) is 9.97 Å². The molecule has 0 aliphatic heterocycles. The molecule has 0 fully saturated rings. The lowest BCUT2D eigenvalue weighted by Gasteiger charge is -2.14. The molecule has 1 aromatic heterocycles. The molecule has 1 aromatic carbocycles. The number of hydrogen-bond donors (Lipinski definition) is 0. The van der Waals surface area contributed by atoms with Gasteiger partial charge < -0.3 is 9.47 Å². The zero-order chi connectivity index (χ0) is 14.7. The third-order valence-corrected chi connectivity index (χ3v) is 3.75. The van der Waals surface area contributed by atoms with Crippen LogP contribution in [0.2, 0.25) is 5.15 Å². The third-order valence-electron chi connectivity index (χ3n) is 2.69. The van der Waals surface area contributed by atoms with Gasteiger partial charge in [-0.1, -0.05) is 11.6 Å². The molecule has 0 aliphatic rings. The number of ether oxygens (including phenoxy) is 2. The lowest BCUT2D eigenvalue weighted by molar-refractivity contribution is 0.112. The molecule has 20 heavy (non-hydrogen) atoms.